The van der Waals surface area contributed by atoms with E-state index in [4.69, 9.17) is 0 Å². The quantitative estimate of drug-likeness (QED) is 0.554. The van der Waals surface area contributed by atoms with Crippen molar-refractivity contribution in [3.8, 4) is 0 Å². The Balaban J connectivity index is 2.50. The lowest BCUT2D eigenvalue weighted by atomic mass is 10.2. The van der Waals surface area contributed by atoms with Gasteiger partial charge in [0.05, 0.1) is 12.7 Å². The standard InChI is InChI=1S/C11H17N3O2/c1-3-12-6-7-14-10-8-9(4-5-13-10)11(15)16-2/h4-5,8,12H,3,6-7H2,1-2H3,(H,13,14). The first-order valence-corrected chi connectivity index (χ1v) is 5.27. The number of anilines is 1. The van der Waals surface area contributed by atoms with Crippen LogP contribution in [-0.4, -0.2) is 37.7 Å². The molecule has 2 N–H and O–H groups in total. The molecule has 5 nitrogen and oxygen atoms in total. The molecule has 1 aromatic heterocycles. The van der Waals surface area contributed by atoms with Crippen molar-refractivity contribution in [1.82, 2.24) is 10.3 Å². The molecule has 0 atom stereocenters. The number of methoxy groups -OCH3 is 1. The van der Waals surface area contributed by atoms with Crippen LogP contribution in [0.2, 0.25) is 0 Å². The van der Waals surface area contributed by atoms with Crippen LogP contribution < -0.4 is 10.6 Å². The Kier molecular flexibility index (Phi) is 5.28. The molecule has 0 unspecified atom stereocenters. The van der Waals surface area contributed by atoms with Crippen LogP contribution in [0.4, 0.5) is 5.82 Å². The molecule has 0 saturated heterocycles. The van der Waals surface area contributed by atoms with E-state index in [1.165, 1.54) is 7.11 Å². The lowest BCUT2D eigenvalue weighted by molar-refractivity contribution is 0.0600. The minimum absolute atomic E-state index is 0.350. The molecule has 0 fully saturated rings. The molecule has 5 heteroatoms. The molecule has 88 valence electrons. The van der Waals surface area contributed by atoms with E-state index >= 15 is 0 Å². The third-order valence-electron chi connectivity index (χ3n) is 2.04. The summed E-state index contributed by atoms with van der Waals surface area (Å²) in [6, 6.07) is 3.30. The maximum Gasteiger partial charge on any atom is 0.338 e. The normalized spacial score (nSPS) is 9.88. The van der Waals surface area contributed by atoms with E-state index in [0.717, 1.165) is 19.6 Å². The molecule has 0 amide bonds. The number of esters is 1. The molecule has 1 rings (SSSR count). The monoisotopic (exact) mass is 223 g/mol. The minimum Gasteiger partial charge on any atom is -0.465 e. The second kappa shape index (κ2) is 6.79. The first-order valence-electron chi connectivity index (χ1n) is 5.27. The summed E-state index contributed by atoms with van der Waals surface area (Å²) in [5.41, 5.74) is 0.503. The SMILES string of the molecule is CCNCCNc1cc(C(=O)OC)ccn1. The smallest absolute Gasteiger partial charge is 0.338 e. The van der Waals surface area contributed by atoms with E-state index in [2.05, 4.69) is 27.3 Å². The van der Waals surface area contributed by atoms with Crippen molar-refractivity contribution in [2.24, 2.45) is 0 Å². The van der Waals surface area contributed by atoms with Gasteiger partial charge < -0.3 is 15.4 Å². The van der Waals surface area contributed by atoms with Gasteiger partial charge in [-0.1, -0.05) is 6.92 Å². The number of pyridine rings is 1. The fourth-order valence-electron chi connectivity index (χ4n) is 1.23. The number of aromatic nitrogens is 1. The number of nitrogens with zero attached hydrogens (tertiary/aromatic N) is 1. The fourth-order valence-corrected chi connectivity index (χ4v) is 1.23. The predicted octanol–water partition coefficient (Wildman–Crippen LogP) is 0.890. The summed E-state index contributed by atoms with van der Waals surface area (Å²) >= 11 is 0. The number of hydrogen-bond donors (Lipinski definition) is 2. The highest BCUT2D eigenvalue weighted by molar-refractivity contribution is 5.89. The summed E-state index contributed by atoms with van der Waals surface area (Å²) in [5, 5.41) is 6.30. The molecule has 0 spiro atoms. The summed E-state index contributed by atoms with van der Waals surface area (Å²) in [6.45, 7) is 4.62. The Morgan fingerprint density at radius 3 is 3.00 bits per heavy atom. The molecule has 1 heterocycles. The molecule has 0 saturated carbocycles. The summed E-state index contributed by atoms with van der Waals surface area (Å²) in [4.78, 5) is 15.4. The molecule has 0 aliphatic heterocycles. The summed E-state index contributed by atoms with van der Waals surface area (Å²) < 4.78 is 4.63. The summed E-state index contributed by atoms with van der Waals surface area (Å²) in [6.07, 6.45) is 1.59. The Morgan fingerprint density at radius 1 is 1.50 bits per heavy atom. The zero-order valence-corrected chi connectivity index (χ0v) is 9.62. The number of nitrogens with one attached hydrogen (secondary N) is 2. The Morgan fingerprint density at radius 2 is 2.31 bits per heavy atom. The first kappa shape index (κ1) is 12.4. The first-order chi connectivity index (χ1) is 7.77. The van der Waals surface area contributed by atoms with E-state index in [0.29, 0.717) is 11.4 Å². The Labute approximate surface area is 95.2 Å². The predicted molar refractivity (Wildman–Crippen MR) is 62.6 cm³/mol. The van der Waals surface area contributed by atoms with E-state index in [9.17, 15) is 4.79 Å². The average Bonchev–Trinajstić information content (AvgIpc) is 2.34. The van der Waals surface area contributed by atoms with Crippen molar-refractivity contribution >= 4 is 11.8 Å². The molecule has 0 aromatic carbocycles. The number of rotatable bonds is 6. The number of carbonyl (C=O) groups excluding carboxylic acids is 1. The van der Waals surface area contributed by atoms with Gasteiger partial charge in [0.15, 0.2) is 0 Å². The van der Waals surface area contributed by atoms with Crippen LogP contribution in [0.25, 0.3) is 0 Å². The van der Waals surface area contributed by atoms with Gasteiger partial charge in [-0.25, -0.2) is 9.78 Å². The van der Waals surface area contributed by atoms with Crippen molar-refractivity contribution < 1.29 is 9.53 Å². The third kappa shape index (κ3) is 3.86. The van der Waals surface area contributed by atoms with Gasteiger partial charge in [0.1, 0.15) is 5.82 Å². The lowest BCUT2D eigenvalue weighted by Gasteiger charge is -2.06. The molecular formula is C11H17N3O2. The van der Waals surface area contributed by atoms with Crippen LogP contribution >= 0.6 is 0 Å². The van der Waals surface area contributed by atoms with Crippen LogP contribution in [-0.2, 0) is 4.74 Å². The number of likely N-dealkylation sites (N-methyl/N-ethyl adjacent to an activating group) is 1. The van der Waals surface area contributed by atoms with Crippen molar-refractivity contribution in [2.45, 2.75) is 6.92 Å². The van der Waals surface area contributed by atoms with E-state index in [1.54, 1.807) is 18.3 Å². The molecule has 1 aromatic rings. The minimum atomic E-state index is -0.350. The number of ether oxygens (including phenoxy) is 1. The number of carbonyl (C=O) groups is 1. The van der Waals surface area contributed by atoms with Gasteiger partial charge in [0.2, 0.25) is 0 Å². The highest BCUT2D eigenvalue weighted by atomic mass is 16.5. The highest BCUT2D eigenvalue weighted by Crippen LogP contribution is 2.07. The van der Waals surface area contributed by atoms with Crippen LogP contribution in [0.3, 0.4) is 0 Å². The second-order valence-corrected chi connectivity index (χ2v) is 3.20. The molecule has 0 aliphatic carbocycles. The second-order valence-electron chi connectivity index (χ2n) is 3.20. The zero-order chi connectivity index (χ0) is 11.8. The largest absolute Gasteiger partial charge is 0.465 e. The molecular weight excluding hydrogens is 206 g/mol. The molecule has 0 aliphatic rings. The van der Waals surface area contributed by atoms with Gasteiger partial charge in [-0.2, -0.15) is 0 Å². The van der Waals surface area contributed by atoms with Gasteiger partial charge in [0, 0.05) is 19.3 Å². The molecule has 0 radical (unpaired) electrons. The molecule has 16 heavy (non-hydrogen) atoms. The summed E-state index contributed by atoms with van der Waals surface area (Å²) in [5.74, 6) is 0.331. The van der Waals surface area contributed by atoms with Gasteiger partial charge in [-0.3, -0.25) is 0 Å². The lowest BCUT2D eigenvalue weighted by Crippen LogP contribution is -2.22. The Bertz CT molecular complexity index is 342. The molecule has 0 bridgehead atoms. The zero-order valence-electron chi connectivity index (χ0n) is 9.62. The van der Waals surface area contributed by atoms with Crippen molar-refractivity contribution in [2.75, 3.05) is 32.1 Å². The van der Waals surface area contributed by atoms with E-state index in [-0.39, 0.29) is 5.97 Å². The maximum atomic E-state index is 11.3. The van der Waals surface area contributed by atoms with Crippen LogP contribution in [0.15, 0.2) is 18.3 Å². The van der Waals surface area contributed by atoms with Crippen LogP contribution in [0.5, 0.6) is 0 Å². The topological polar surface area (TPSA) is 63.2 Å². The van der Waals surface area contributed by atoms with E-state index < -0.39 is 0 Å². The van der Waals surface area contributed by atoms with E-state index in [1.807, 2.05) is 0 Å². The van der Waals surface area contributed by atoms with Gasteiger partial charge in [-0.05, 0) is 18.7 Å². The third-order valence-corrected chi connectivity index (χ3v) is 2.04. The van der Waals surface area contributed by atoms with Crippen molar-refractivity contribution in [3.63, 3.8) is 0 Å². The van der Waals surface area contributed by atoms with Crippen LogP contribution in [0.1, 0.15) is 17.3 Å². The van der Waals surface area contributed by atoms with Crippen molar-refractivity contribution in [3.05, 3.63) is 23.9 Å². The number of hydrogen-bond acceptors (Lipinski definition) is 5. The van der Waals surface area contributed by atoms with Gasteiger partial charge in [0.25, 0.3) is 0 Å². The van der Waals surface area contributed by atoms with Gasteiger partial charge >= 0.3 is 5.97 Å². The van der Waals surface area contributed by atoms with Crippen molar-refractivity contribution in [1.29, 1.82) is 0 Å². The average molecular weight is 223 g/mol. The highest BCUT2D eigenvalue weighted by Gasteiger charge is 2.05. The fraction of sp³-hybridized carbons (Fsp3) is 0.455. The summed E-state index contributed by atoms with van der Waals surface area (Å²) in [7, 11) is 1.36. The van der Waals surface area contributed by atoms with Crippen LogP contribution in [0, 0.1) is 0 Å². The van der Waals surface area contributed by atoms with Gasteiger partial charge in [-0.15, -0.1) is 0 Å². The maximum absolute atomic E-state index is 11.3. The Hall–Kier alpha value is -1.62.